The number of rotatable bonds is 4. The molecule has 1 unspecified atom stereocenters. The van der Waals surface area contributed by atoms with Crippen molar-refractivity contribution in [3.8, 4) is 11.9 Å². The van der Waals surface area contributed by atoms with E-state index < -0.39 is 11.7 Å². The summed E-state index contributed by atoms with van der Waals surface area (Å²) in [6, 6.07) is 6.38. The first-order valence-corrected chi connectivity index (χ1v) is 8.84. The Morgan fingerprint density at radius 1 is 1.34 bits per heavy atom. The van der Waals surface area contributed by atoms with Gasteiger partial charge in [0.2, 0.25) is 0 Å². The van der Waals surface area contributed by atoms with Crippen molar-refractivity contribution in [1.82, 2.24) is 25.1 Å². The quantitative estimate of drug-likeness (QED) is 0.691. The van der Waals surface area contributed by atoms with Gasteiger partial charge in [0.1, 0.15) is 11.9 Å². The van der Waals surface area contributed by atoms with Crippen LogP contribution >= 0.6 is 0 Å². The number of hydrogen-bond acceptors (Lipinski definition) is 7. The highest BCUT2D eigenvalue weighted by Gasteiger charge is 2.20. The van der Waals surface area contributed by atoms with E-state index in [1.807, 2.05) is 6.07 Å². The SMILES string of the molecule is N#Cc1cnc(-n2cc(C(=O)Nc3ccc(C4CNCCO4)c(F)c3)cn2)cn1. The van der Waals surface area contributed by atoms with E-state index in [4.69, 9.17) is 10.00 Å². The van der Waals surface area contributed by atoms with Crippen LogP contribution in [-0.4, -0.2) is 45.4 Å². The maximum Gasteiger partial charge on any atom is 0.258 e. The summed E-state index contributed by atoms with van der Waals surface area (Å²) in [4.78, 5) is 20.4. The van der Waals surface area contributed by atoms with Crippen molar-refractivity contribution in [2.24, 2.45) is 0 Å². The first-order chi connectivity index (χ1) is 14.1. The second-order valence-corrected chi connectivity index (χ2v) is 6.30. The molecular formula is C19H16FN7O2. The van der Waals surface area contributed by atoms with Gasteiger partial charge in [0.25, 0.3) is 5.91 Å². The number of halogens is 1. The number of hydrogen-bond donors (Lipinski definition) is 2. The third-order valence-electron chi connectivity index (χ3n) is 4.37. The largest absolute Gasteiger partial charge is 0.371 e. The first kappa shape index (κ1) is 18.7. The van der Waals surface area contributed by atoms with Crippen molar-refractivity contribution in [1.29, 1.82) is 5.26 Å². The van der Waals surface area contributed by atoms with Crippen molar-refractivity contribution < 1.29 is 13.9 Å². The number of benzene rings is 1. The average Bonchev–Trinajstić information content (AvgIpc) is 3.25. The second-order valence-electron chi connectivity index (χ2n) is 6.30. The average molecular weight is 393 g/mol. The molecule has 1 aromatic carbocycles. The van der Waals surface area contributed by atoms with E-state index >= 15 is 0 Å². The Morgan fingerprint density at radius 2 is 2.24 bits per heavy atom. The summed E-state index contributed by atoms with van der Waals surface area (Å²) in [5.74, 6) is -0.528. The molecule has 2 N–H and O–H groups in total. The normalized spacial score (nSPS) is 16.2. The Bertz CT molecular complexity index is 1070. The van der Waals surface area contributed by atoms with Gasteiger partial charge in [-0.05, 0) is 12.1 Å². The van der Waals surface area contributed by atoms with Crippen LogP contribution in [0.15, 0.2) is 43.0 Å². The van der Waals surface area contributed by atoms with Gasteiger partial charge in [-0.15, -0.1) is 0 Å². The molecule has 4 rings (SSSR count). The van der Waals surface area contributed by atoms with Gasteiger partial charge < -0.3 is 15.4 Å². The van der Waals surface area contributed by atoms with E-state index in [-0.39, 0.29) is 17.4 Å². The van der Waals surface area contributed by atoms with Crippen molar-refractivity contribution >= 4 is 11.6 Å². The van der Waals surface area contributed by atoms with Gasteiger partial charge in [-0.3, -0.25) is 4.79 Å². The number of amides is 1. The molecule has 2 aromatic heterocycles. The zero-order valence-corrected chi connectivity index (χ0v) is 15.2. The molecular weight excluding hydrogens is 377 g/mol. The maximum atomic E-state index is 14.5. The zero-order valence-electron chi connectivity index (χ0n) is 15.2. The van der Waals surface area contributed by atoms with Crippen LogP contribution in [0.3, 0.4) is 0 Å². The van der Waals surface area contributed by atoms with Gasteiger partial charge >= 0.3 is 0 Å². The monoisotopic (exact) mass is 393 g/mol. The van der Waals surface area contributed by atoms with Crippen LogP contribution in [0, 0.1) is 17.1 Å². The van der Waals surface area contributed by atoms with Crippen molar-refractivity contribution in [3.05, 3.63) is 65.6 Å². The Hall–Kier alpha value is -3.68. The van der Waals surface area contributed by atoms with Crippen molar-refractivity contribution in [3.63, 3.8) is 0 Å². The van der Waals surface area contributed by atoms with E-state index in [0.29, 0.717) is 30.2 Å². The molecule has 1 saturated heterocycles. The standard InChI is InChI=1S/C19H16FN7O2/c20-16-5-13(1-2-15(16)17-9-22-3-4-29-17)26-19(28)12-7-25-27(11-12)18-10-23-14(6-21)8-24-18/h1-2,5,7-8,10-11,17,22H,3-4,9H2,(H,26,28). The van der Waals surface area contributed by atoms with E-state index in [1.165, 1.54) is 35.5 Å². The molecule has 9 nitrogen and oxygen atoms in total. The van der Waals surface area contributed by atoms with Gasteiger partial charge in [0, 0.05) is 30.5 Å². The predicted molar refractivity (Wildman–Crippen MR) is 99.8 cm³/mol. The lowest BCUT2D eigenvalue weighted by molar-refractivity contribution is 0.0255. The number of carbonyl (C=O) groups excluding carboxylic acids is 1. The smallest absolute Gasteiger partial charge is 0.258 e. The van der Waals surface area contributed by atoms with Crippen LogP contribution in [0.4, 0.5) is 10.1 Å². The lowest BCUT2D eigenvalue weighted by Gasteiger charge is -2.24. The minimum Gasteiger partial charge on any atom is -0.371 e. The molecule has 0 aliphatic carbocycles. The zero-order chi connectivity index (χ0) is 20.2. The highest BCUT2D eigenvalue weighted by Crippen LogP contribution is 2.24. The van der Waals surface area contributed by atoms with Crippen LogP contribution in [0.25, 0.3) is 5.82 Å². The molecule has 1 aliphatic rings. The molecule has 1 amide bonds. The number of nitrogens with one attached hydrogen (secondary N) is 2. The summed E-state index contributed by atoms with van der Waals surface area (Å²) in [5.41, 5.74) is 1.22. The summed E-state index contributed by atoms with van der Waals surface area (Å²) in [6.45, 7) is 1.81. The third-order valence-corrected chi connectivity index (χ3v) is 4.37. The fraction of sp³-hybridized carbons (Fsp3) is 0.211. The van der Waals surface area contributed by atoms with Gasteiger partial charge in [-0.1, -0.05) is 6.07 Å². The molecule has 3 aromatic rings. The van der Waals surface area contributed by atoms with Gasteiger partial charge in [0.15, 0.2) is 11.5 Å². The molecule has 146 valence electrons. The summed E-state index contributed by atoms with van der Waals surface area (Å²) in [5, 5.41) is 18.6. The van der Waals surface area contributed by atoms with E-state index in [2.05, 4.69) is 25.7 Å². The Kier molecular flexibility index (Phi) is 5.24. The van der Waals surface area contributed by atoms with Crippen LogP contribution in [0.1, 0.15) is 27.7 Å². The number of aromatic nitrogens is 4. The molecule has 0 saturated carbocycles. The summed E-state index contributed by atoms with van der Waals surface area (Å²) in [7, 11) is 0. The highest BCUT2D eigenvalue weighted by atomic mass is 19.1. The van der Waals surface area contributed by atoms with Crippen molar-refractivity contribution in [2.75, 3.05) is 25.0 Å². The minimum absolute atomic E-state index is 0.179. The van der Waals surface area contributed by atoms with Crippen LogP contribution in [0.5, 0.6) is 0 Å². The topological polar surface area (TPSA) is 118 Å². The molecule has 10 heteroatoms. The first-order valence-electron chi connectivity index (χ1n) is 8.84. The number of nitrogens with zero attached hydrogens (tertiary/aromatic N) is 5. The Labute approximate surface area is 165 Å². The molecule has 1 fully saturated rings. The molecule has 29 heavy (non-hydrogen) atoms. The summed E-state index contributed by atoms with van der Waals surface area (Å²) < 4.78 is 21.4. The molecule has 0 spiro atoms. The molecule has 3 heterocycles. The summed E-state index contributed by atoms with van der Waals surface area (Å²) >= 11 is 0. The summed E-state index contributed by atoms with van der Waals surface area (Å²) in [6.07, 6.45) is 5.18. The maximum absolute atomic E-state index is 14.5. The Balaban J connectivity index is 1.46. The fourth-order valence-corrected chi connectivity index (χ4v) is 2.90. The molecule has 1 atom stereocenters. The lowest BCUT2D eigenvalue weighted by atomic mass is 10.1. The molecule has 1 aliphatic heterocycles. The van der Waals surface area contributed by atoms with Crippen LogP contribution < -0.4 is 10.6 Å². The second kappa shape index (κ2) is 8.14. The minimum atomic E-state index is -0.444. The van der Waals surface area contributed by atoms with Crippen LogP contribution in [0.2, 0.25) is 0 Å². The van der Waals surface area contributed by atoms with Crippen molar-refractivity contribution in [2.45, 2.75) is 6.10 Å². The van der Waals surface area contributed by atoms with Gasteiger partial charge in [-0.2, -0.15) is 10.4 Å². The lowest BCUT2D eigenvalue weighted by Crippen LogP contribution is -2.33. The third kappa shape index (κ3) is 4.11. The van der Waals surface area contributed by atoms with Crippen LogP contribution in [-0.2, 0) is 4.74 Å². The van der Waals surface area contributed by atoms with E-state index in [1.54, 1.807) is 12.1 Å². The molecule has 0 bridgehead atoms. The number of anilines is 1. The number of ether oxygens (including phenoxy) is 1. The van der Waals surface area contributed by atoms with E-state index in [9.17, 15) is 9.18 Å². The predicted octanol–water partition coefficient (Wildman–Crippen LogP) is 1.59. The number of morpholine rings is 1. The highest BCUT2D eigenvalue weighted by molar-refractivity contribution is 6.04. The Morgan fingerprint density at radius 3 is 2.93 bits per heavy atom. The van der Waals surface area contributed by atoms with E-state index in [0.717, 1.165) is 6.54 Å². The number of carbonyl (C=O) groups is 1. The fourth-order valence-electron chi connectivity index (χ4n) is 2.90. The van der Waals surface area contributed by atoms with Gasteiger partial charge in [0.05, 0.1) is 36.9 Å². The number of nitriles is 1. The van der Waals surface area contributed by atoms with Gasteiger partial charge in [-0.25, -0.2) is 19.0 Å². The molecule has 0 radical (unpaired) electrons.